The van der Waals surface area contributed by atoms with E-state index in [2.05, 4.69) is 60.7 Å². The highest BCUT2D eigenvalue weighted by Gasteiger charge is 2.76. The Morgan fingerprint density at radius 1 is 1.24 bits per heavy atom. The summed E-state index contributed by atoms with van der Waals surface area (Å²) in [7, 11) is -1.84. The molecule has 29 heavy (non-hydrogen) atoms. The van der Waals surface area contributed by atoms with Crippen LogP contribution in [-0.2, 0) is 18.7 Å². The van der Waals surface area contributed by atoms with Crippen LogP contribution in [0.25, 0.3) is 0 Å². The summed E-state index contributed by atoms with van der Waals surface area (Å²) in [4.78, 5) is 11.8. The van der Waals surface area contributed by atoms with Crippen molar-refractivity contribution in [3.63, 3.8) is 0 Å². The molecule has 1 saturated heterocycles. The highest BCUT2D eigenvalue weighted by atomic mass is 28.4. The molecule has 0 spiro atoms. The van der Waals surface area contributed by atoms with Gasteiger partial charge in [-0.2, -0.15) is 0 Å². The zero-order valence-corrected chi connectivity index (χ0v) is 21.1. The third-order valence-electron chi connectivity index (χ3n) is 7.62. The Morgan fingerprint density at radius 3 is 2.31 bits per heavy atom. The maximum atomic E-state index is 11.8. The molecule has 5 nitrogen and oxygen atoms in total. The Kier molecular flexibility index (Phi) is 6.59. The Morgan fingerprint density at radius 2 is 1.83 bits per heavy atom. The predicted octanol–water partition coefficient (Wildman–Crippen LogP) is 4.98. The molecule has 0 aromatic carbocycles. The third kappa shape index (κ3) is 4.81. The van der Waals surface area contributed by atoms with E-state index in [1.54, 1.807) is 0 Å². The van der Waals surface area contributed by atoms with Gasteiger partial charge in [-0.25, -0.2) is 0 Å². The minimum Gasteiger partial charge on any atom is -0.458 e. The van der Waals surface area contributed by atoms with Gasteiger partial charge in [0.15, 0.2) is 8.32 Å². The number of esters is 1. The van der Waals surface area contributed by atoms with Gasteiger partial charge >= 0.3 is 5.97 Å². The molecule has 1 heterocycles. The molecule has 0 bridgehead atoms. The van der Waals surface area contributed by atoms with Crippen molar-refractivity contribution in [3.05, 3.63) is 11.6 Å². The Bertz CT molecular complexity index is 663. The van der Waals surface area contributed by atoms with Crippen LogP contribution in [0.2, 0.25) is 18.1 Å². The molecule has 2 aliphatic rings. The van der Waals surface area contributed by atoms with E-state index in [-0.39, 0.29) is 34.2 Å². The van der Waals surface area contributed by atoms with Crippen LogP contribution in [0.5, 0.6) is 0 Å². The number of carbonyl (C=O) groups excluding carboxylic acids is 1. The van der Waals surface area contributed by atoms with E-state index < -0.39 is 13.9 Å². The lowest BCUT2D eigenvalue weighted by Gasteiger charge is -2.42. The fourth-order valence-corrected chi connectivity index (χ4v) is 5.65. The van der Waals surface area contributed by atoms with E-state index >= 15 is 0 Å². The summed E-state index contributed by atoms with van der Waals surface area (Å²) in [5.41, 5.74) is 0.0302. The molecular weight excluding hydrogens is 384 g/mol. The number of ether oxygens (including phenoxy) is 2. The highest BCUT2D eigenvalue weighted by Crippen LogP contribution is 2.67. The second-order valence-electron chi connectivity index (χ2n) is 11.4. The molecule has 1 saturated carbocycles. The topological polar surface area (TPSA) is 68.3 Å². The monoisotopic (exact) mass is 426 g/mol. The van der Waals surface area contributed by atoms with Gasteiger partial charge in [-0.05, 0) is 49.4 Å². The molecule has 1 aliphatic carbocycles. The minimum absolute atomic E-state index is 0.152. The normalized spacial score (nSPS) is 33.1. The molecule has 0 aromatic rings. The second-order valence-corrected chi connectivity index (χ2v) is 16.2. The zero-order chi connectivity index (χ0) is 22.5. The number of carbonyl (C=O) groups is 1. The van der Waals surface area contributed by atoms with Gasteiger partial charge in [-0.15, -0.1) is 0 Å². The van der Waals surface area contributed by atoms with Crippen LogP contribution in [0.1, 0.15) is 74.7 Å². The predicted molar refractivity (Wildman–Crippen MR) is 118 cm³/mol. The standard InChI is InChI=1S/C23H42O5Si/c1-16(11-12-26-29(9,10)20(3,4)5)19(27-17(2)24)15-23-21(6,7)13-18(25)14-22(23,8)28-23/h11,18-19,25H,12-15H2,1-10H3/b16-11+/t18-,19?,22-,23+/m1/s1. The fourth-order valence-electron chi connectivity index (χ4n) is 4.72. The largest absolute Gasteiger partial charge is 0.458 e. The molecule has 0 amide bonds. The molecule has 2 fully saturated rings. The number of epoxide rings is 1. The van der Waals surface area contributed by atoms with E-state index in [9.17, 15) is 9.90 Å². The molecule has 0 aromatic heterocycles. The Labute approximate surface area is 178 Å². The van der Waals surface area contributed by atoms with E-state index in [0.717, 1.165) is 5.57 Å². The van der Waals surface area contributed by atoms with E-state index in [1.807, 2.05) is 6.92 Å². The van der Waals surface area contributed by atoms with E-state index in [1.165, 1.54) is 6.92 Å². The molecule has 4 atom stereocenters. The summed E-state index contributed by atoms with van der Waals surface area (Å²) in [6.07, 6.45) is 3.26. The van der Waals surface area contributed by atoms with Crippen molar-refractivity contribution in [3.8, 4) is 0 Å². The Hall–Kier alpha value is -0.693. The molecular formula is C23H42O5Si. The molecule has 0 radical (unpaired) electrons. The van der Waals surface area contributed by atoms with Gasteiger partial charge in [-0.1, -0.05) is 40.7 Å². The number of aliphatic hydroxyl groups is 1. The number of rotatable bonds is 7. The quantitative estimate of drug-likeness (QED) is 0.269. The van der Waals surface area contributed by atoms with Crippen molar-refractivity contribution < 1.29 is 23.8 Å². The first-order valence-corrected chi connectivity index (χ1v) is 13.7. The van der Waals surface area contributed by atoms with Crippen LogP contribution in [0.15, 0.2) is 11.6 Å². The maximum absolute atomic E-state index is 11.8. The van der Waals surface area contributed by atoms with Crippen molar-refractivity contribution in [2.45, 2.75) is 116 Å². The molecule has 168 valence electrons. The lowest BCUT2D eigenvalue weighted by atomic mass is 9.61. The van der Waals surface area contributed by atoms with E-state index in [0.29, 0.717) is 25.9 Å². The summed E-state index contributed by atoms with van der Waals surface area (Å²) in [5.74, 6) is -0.291. The smallest absolute Gasteiger partial charge is 0.303 e. The maximum Gasteiger partial charge on any atom is 0.303 e. The van der Waals surface area contributed by atoms with Crippen molar-refractivity contribution in [2.75, 3.05) is 6.61 Å². The van der Waals surface area contributed by atoms with Crippen LogP contribution in [-0.4, -0.2) is 49.4 Å². The minimum atomic E-state index is -1.84. The van der Waals surface area contributed by atoms with Crippen molar-refractivity contribution in [2.24, 2.45) is 5.41 Å². The fraction of sp³-hybridized carbons (Fsp3) is 0.870. The summed E-state index contributed by atoms with van der Waals surface area (Å²) in [6.45, 7) is 21.5. The number of aliphatic hydroxyl groups excluding tert-OH is 1. The zero-order valence-electron chi connectivity index (χ0n) is 20.1. The lowest BCUT2D eigenvalue weighted by Crippen LogP contribution is -2.49. The summed E-state index contributed by atoms with van der Waals surface area (Å²) >= 11 is 0. The van der Waals surface area contributed by atoms with Gasteiger partial charge < -0.3 is 19.0 Å². The van der Waals surface area contributed by atoms with Gasteiger partial charge in [0.05, 0.1) is 18.3 Å². The summed E-state index contributed by atoms with van der Waals surface area (Å²) in [5, 5.41) is 10.4. The number of hydrogen-bond acceptors (Lipinski definition) is 5. The molecule has 1 N–H and O–H groups in total. The van der Waals surface area contributed by atoms with E-state index in [4.69, 9.17) is 13.9 Å². The van der Waals surface area contributed by atoms with Crippen LogP contribution < -0.4 is 0 Å². The average molecular weight is 427 g/mol. The van der Waals surface area contributed by atoms with Crippen LogP contribution in [0.3, 0.4) is 0 Å². The van der Waals surface area contributed by atoms with Crippen LogP contribution in [0.4, 0.5) is 0 Å². The molecule has 1 unspecified atom stereocenters. The Balaban J connectivity index is 2.17. The third-order valence-corrected chi connectivity index (χ3v) is 12.1. The van der Waals surface area contributed by atoms with Crippen molar-refractivity contribution in [1.82, 2.24) is 0 Å². The first-order chi connectivity index (χ1) is 13.0. The first kappa shape index (κ1) is 24.6. The molecule has 1 aliphatic heterocycles. The molecule has 6 heteroatoms. The van der Waals surface area contributed by atoms with Gasteiger partial charge in [0.2, 0.25) is 0 Å². The summed E-state index contributed by atoms with van der Waals surface area (Å²) in [6, 6.07) is 0. The second kappa shape index (κ2) is 7.77. The van der Waals surface area contributed by atoms with Crippen molar-refractivity contribution in [1.29, 1.82) is 0 Å². The van der Waals surface area contributed by atoms with Gasteiger partial charge in [0, 0.05) is 19.8 Å². The van der Waals surface area contributed by atoms with Crippen molar-refractivity contribution >= 4 is 14.3 Å². The summed E-state index contributed by atoms with van der Waals surface area (Å²) < 4.78 is 18.3. The van der Waals surface area contributed by atoms with Crippen LogP contribution in [0, 0.1) is 5.41 Å². The highest BCUT2D eigenvalue weighted by molar-refractivity contribution is 6.74. The van der Waals surface area contributed by atoms with Gasteiger partial charge in [-0.3, -0.25) is 4.79 Å². The van der Waals surface area contributed by atoms with Crippen LogP contribution >= 0.6 is 0 Å². The molecule has 2 rings (SSSR count). The average Bonchev–Trinajstić information content (AvgIpc) is 3.09. The number of fused-ring (bicyclic) bond motifs is 1. The SMILES string of the molecule is CC(=O)OC(C[C@@]12O[C@]1(C)C[C@H](O)CC2(C)C)/C(C)=C/CO[Si](C)(C)C(C)(C)C. The van der Waals surface area contributed by atoms with Gasteiger partial charge in [0.25, 0.3) is 0 Å². The number of hydrogen-bond donors (Lipinski definition) is 1. The van der Waals surface area contributed by atoms with Gasteiger partial charge in [0.1, 0.15) is 11.7 Å². The first-order valence-electron chi connectivity index (χ1n) is 10.8. The lowest BCUT2D eigenvalue weighted by molar-refractivity contribution is -0.146.